The fourth-order valence-corrected chi connectivity index (χ4v) is 1.55. The Morgan fingerprint density at radius 3 is 2.56 bits per heavy atom. The van der Waals surface area contributed by atoms with Gasteiger partial charge in [0.15, 0.2) is 0 Å². The lowest BCUT2D eigenvalue weighted by atomic mass is 10.2. The Balaban J connectivity index is 2.81. The normalized spacial score (nSPS) is 9.88. The monoisotopic (exact) mass is 260 g/mol. The maximum atomic E-state index is 11.2. The molecule has 0 aliphatic rings. The van der Waals surface area contributed by atoms with Crippen LogP contribution in [0.2, 0.25) is 5.02 Å². The number of nitrogens with one attached hydrogen (secondary N) is 1. The van der Waals surface area contributed by atoms with E-state index in [4.69, 9.17) is 28.9 Å². The molecule has 0 heterocycles. The molecule has 1 rings (SSSR count). The molecule has 0 saturated carbocycles. The Labute approximate surface area is 103 Å². The van der Waals surface area contributed by atoms with Crippen LogP contribution in [-0.2, 0) is 4.79 Å². The minimum atomic E-state index is -0.608. The molecule has 1 aromatic rings. The van der Waals surface area contributed by atoms with Crippen LogP contribution in [0.1, 0.15) is 16.8 Å². The van der Waals surface area contributed by atoms with Crippen LogP contribution in [0, 0.1) is 0 Å². The number of hydrogen-bond donors (Lipinski definition) is 2. The van der Waals surface area contributed by atoms with Crippen molar-refractivity contribution in [3.8, 4) is 0 Å². The van der Waals surface area contributed by atoms with E-state index in [1.807, 2.05) is 0 Å². The van der Waals surface area contributed by atoms with Crippen LogP contribution in [0.15, 0.2) is 18.2 Å². The number of nitrogens with two attached hydrogens (primary N) is 1. The Morgan fingerprint density at radius 2 is 2.06 bits per heavy atom. The fourth-order valence-electron chi connectivity index (χ4n) is 1.10. The van der Waals surface area contributed by atoms with Gasteiger partial charge in [0.25, 0.3) is 0 Å². The number of hydrogen-bond acceptors (Lipinski definition) is 2. The summed E-state index contributed by atoms with van der Waals surface area (Å²) >= 11 is 11.2. The van der Waals surface area contributed by atoms with Gasteiger partial charge in [-0.1, -0.05) is 11.6 Å². The van der Waals surface area contributed by atoms with Crippen molar-refractivity contribution in [3.05, 3.63) is 28.8 Å². The van der Waals surface area contributed by atoms with Crippen molar-refractivity contribution in [1.82, 2.24) is 0 Å². The number of anilines is 1. The molecule has 0 radical (unpaired) electrons. The summed E-state index contributed by atoms with van der Waals surface area (Å²) in [6.45, 7) is 0. The summed E-state index contributed by atoms with van der Waals surface area (Å²) in [7, 11) is 0. The Bertz CT molecular complexity index is 421. The number of amides is 2. The summed E-state index contributed by atoms with van der Waals surface area (Å²) in [6.07, 6.45) is 0.219. The molecule has 0 aromatic heterocycles. The average molecular weight is 261 g/mol. The van der Waals surface area contributed by atoms with Crippen LogP contribution < -0.4 is 11.1 Å². The molecule has 0 aliphatic carbocycles. The molecule has 0 unspecified atom stereocenters. The molecule has 1 aromatic carbocycles. The third kappa shape index (κ3) is 3.40. The number of halogens is 2. The maximum Gasteiger partial charge on any atom is 0.250 e. The second-order valence-corrected chi connectivity index (χ2v) is 3.83. The summed E-state index contributed by atoms with van der Waals surface area (Å²) in [5, 5.41) is 2.79. The molecule has 16 heavy (non-hydrogen) atoms. The van der Waals surface area contributed by atoms with Gasteiger partial charge in [-0.2, -0.15) is 0 Å². The molecule has 0 atom stereocenters. The molecule has 0 bridgehead atoms. The number of carbonyl (C=O) groups excluding carboxylic acids is 2. The van der Waals surface area contributed by atoms with Crippen LogP contribution >= 0.6 is 23.2 Å². The molecule has 3 N–H and O–H groups in total. The Hall–Kier alpha value is -1.26. The molecule has 6 heteroatoms. The zero-order chi connectivity index (χ0) is 12.1. The second kappa shape index (κ2) is 5.72. The molecule has 86 valence electrons. The van der Waals surface area contributed by atoms with Crippen molar-refractivity contribution >= 4 is 40.7 Å². The first-order valence-corrected chi connectivity index (χ1v) is 5.41. The highest BCUT2D eigenvalue weighted by atomic mass is 35.5. The molecular weight excluding hydrogens is 251 g/mol. The average Bonchev–Trinajstić information content (AvgIpc) is 2.17. The second-order valence-electron chi connectivity index (χ2n) is 3.05. The lowest BCUT2D eigenvalue weighted by Crippen LogP contribution is -2.14. The van der Waals surface area contributed by atoms with Gasteiger partial charge in [0.2, 0.25) is 11.8 Å². The highest BCUT2D eigenvalue weighted by Crippen LogP contribution is 2.20. The summed E-state index contributed by atoms with van der Waals surface area (Å²) in [4.78, 5) is 22.1. The standard InChI is InChI=1S/C10H10Cl2N2O2/c11-4-3-9(15)14-6-1-2-7(10(13)16)8(12)5-6/h1-2,5H,3-4H2,(H2,13,16)(H,14,15). The topological polar surface area (TPSA) is 72.2 Å². The smallest absolute Gasteiger partial charge is 0.250 e. The van der Waals surface area contributed by atoms with Gasteiger partial charge >= 0.3 is 0 Å². The Morgan fingerprint density at radius 1 is 1.38 bits per heavy atom. The van der Waals surface area contributed by atoms with Crippen molar-refractivity contribution in [1.29, 1.82) is 0 Å². The number of primary amides is 1. The van der Waals surface area contributed by atoms with Crippen LogP contribution in [0.25, 0.3) is 0 Å². The first-order chi connectivity index (χ1) is 7.54. The van der Waals surface area contributed by atoms with Gasteiger partial charge in [-0.15, -0.1) is 11.6 Å². The minimum Gasteiger partial charge on any atom is -0.366 e. The van der Waals surface area contributed by atoms with E-state index >= 15 is 0 Å². The van der Waals surface area contributed by atoms with Gasteiger partial charge < -0.3 is 11.1 Å². The molecular formula is C10H10Cl2N2O2. The van der Waals surface area contributed by atoms with E-state index in [0.717, 1.165) is 0 Å². The van der Waals surface area contributed by atoms with Crippen molar-refractivity contribution in [2.75, 3.05) is 11.2 Å². The molecule has 0 fully saturated rings. The first kappa shape index (κ1) is 12.8. The largest absolute Gasteiger partial charge is 0.366 e. The number of rotatable bonds is 4. The van der Waals surface area contributed by atoms with E-state index in [0.29, 0.717) is 5.69 Å². The zero-order valence-corrected chi connectivity index (χ0v) is 9.81. The van der Waals surface area contributed by atoms with Gasteiger partial charge in [0.05, 0.1) is 10.6 Å². The van der Waals surface area contributed by atoms with Gasteiger partial charge in [0, 0.05) is 18.0 Å². The molecule has 0 saturated heterocycles. The predicted octanol–water partition coefficient (Wildman–Crippen LogP) is 2.01. The first-order valence-electron chi connectivity index (χ1n) is 4.49. The van der Waals surface area contributed by atoms with Crippen LogP contribution in [-0.4, -0.2) is 17.7 Å². The third-order valence-electron chi connectivity index (χ3n) is 1.84. The van der Waals surface area contributed by atoms with Crippen LogP contribution in [0.3, 0.4) is 0 Å². The molecule has 4 nitrogen and oxygen atoms in total. The highest BCUT2D eigenvalue weighted by molar-refractivity contribution is 6.34. The Kier molecular flexibility index (Phi) is 4.58. The van der Waals surface area contributed by atoms with E-state index in [-0.39, 0.29) is 28.8 Å². The third-order valence-corrected chi connectivity index (χ3v) is 2.34. The lowest BCUT2D eigenvalue weighted by Gasteiger charge is -2.06. The van der Waals surface area contributed by atoms with Crippen molar-refractivity contribution in [3.63, 3.8) is 0 Å². The fraction of sp³-hybridized carbons (Fsp3) is 0.200. The molecule has 0 aliphatic heterocycles. The van der Waals surface area contributed by atoms with E-state index < -0.39 is 5.91 Å². The summed E-state index contributed by atoms with van der Waals surface area (Å²) in [5.41, 5.74) is 5.81. The van der Waals surface area contributed by atoms with Gasteiger partial charge in [-0.05, 0) is 18.2 Å². The van der Waals surface area contributed by atoms with Crippen molar-refractivity contribution in [2.45, 2.75) is 6.42 Å². The highest BCUT2D eigenvalue weighted by Gasteiger charge is 2.08. The van der Waals surface area contributed by atoms with Gasteiger partial charge in [0.1, 0.15) is 0 Å². The molecule has 0 spiro atoms. The number of benzene rings is 1. The summed E-state index contributed by atoms with van der Waals surface area (Å²) in [6, 6.07) is 4.48. The van der Waals surface area contributed by atoms with Crippen molar-refractivity contribution in [2.24, 2.45) is 5.73 Å². The number of carbonyl (C=O) groups is 2. The van der Waals surface area contributed by atoms with Crippen LogP contribution in [0.4, 0.5) is 5.69 Å². The summed E-state index contributed by atoms with van der Waals surface area (Å²) < 4.78 is 0. The lowest BCUT2D eigenvalue weighted by molar-refractivity contribution is -0.115. The molecule has 2 amide bonds. The zero-order valence-electron chi connectivity index (χ0n) is 8.30. The van der Waals surface area contributed by atoms with E-state index in [2.05, 4.69) is 5.32 Å². The van der Waals surface area contributed by atoms with E-state index in [1.54, 1.807) is 6.07 Å². The maximum absolute atomic E-state index is 11.2. The predicted molar refractivity (Wildman–Crippen MR) is 63.9 cm³/mol. The van der Waals surface area contributed by atoms with Crippen LogP contribution in [0.5, 0.6) is 0 Å². The van der Waals surface area contributed by atoms with Gasteiger partial charge in [-0.3, -0.25) is 9.59 Å². The van der Waals surface area contributed by atoms with Gasteiger partial charge in [-0.25, -0.2) is 0 Å². The number of alkyl halides is 1. The SMILES string of the molecule is NC(=O)c1ccc(NC(=O)CCCl)cc1Cl. The van der Waals surface area contributed by atoms with E-state index in [9.17, 15) is 9.59 Å². The minimum absolute atomic E-state index is 0.205. The van der Waals surface area contributed by atoms with E-state index in [1.165, 1.54) is 12.1 Å². The van der Waals surface area contributed by atoms with Crippen molar-refractivity contribution < 1.29 is 9.59 Å². The quantitative estimate of drug-likeness (QED) is 0.813. The summed E-state index contributed by atoms with van der Waals surface area (Å²) in [5.74, 6) is -0.569.